The Morgan fingerprint density at radius 3 is 2.42 bits per heavy atom. The second-order valence-corrected chi connectivity index (χ2v) is 7.96. The fourth-order valence-corrected chi connectivity index (χ4v) is 4.07. The Morgan fingerprint density at radius 1 is 1.08 bits per heavy atom. The zero-order valence-corrected chi connectivity index (χ0v) is 14.9. The number of nitrogens with one attached hydrogen (secondary N) is 2. The lowest BCUT2D eigenvalue weighted by atomic mass is 10.2. The number of carbonyl (C=O) groups is 1. The number of hydrogen-bond donors (Lipinski definition) is 2. The van der Waals surface area contributed by atoms with Gasteiger partial charge in [-0.2, -0.15) is 5.26 Å². The van der Waals surface area contributed by atoms with Crippen molar-refractivity contribution in [1.82, 2.24) is 5.32 Å². The first-order valence-corrected chi connectivity index (χ1v) is 9.90. The Morgan fingerprint density at radius 2 is 1.77 bits per heavy atom. The van der Waals surface area contributed by atoms with Crippen molar-refractivity contribution < 1.29 is 13.2 Å². The van der Waals surface area contributed by atoms with Crippen molar-refractivity contribution in [3.05, 3.63) is 59.7 Å². The minimum atomic E-state index is -3.83. The van der Waals surface area contributed by atoms with Gasteiger partial charge in [0.2, 0.25) is 0 Å². The van der Waals surface area contributed by atoms with E-state index in [1.54, 1.807) is 12.1 Å². The molecule has 0 aliphatic heterocycles. The first kappa shape index (κ1) is 18.0. The van der Waals surface area contributed by atoms with E-state index in [0.717, 1.165) is 25.7 Å². The van der Waals surface area contributed by atoms with E-state index in [9.17, 15) is 13.2 Å². The normalized spacial score (nSPS) is 14.6. The summed E-state index contributed by atoms with van der Waals surface area (Å²) in [5.41, 5.74) is 1.11. The number of anilines is 1. The van der Waals surface area contributed by atoms with Gasteiger partial charge in [0.25, 0.3) is 15.9 Å². The van der Waals surface area contributed by atoms with Crippen molar-refractivity contribution in [3.8, 4) is 6.07 Å². The van der Waals surface area contributed by atoms with Crippen molar-refractivity contribution in [2.75, 3.05) is 4.72 Å². The summed E-state index contributed by atoms with van der Waals surface area (Å²) in [7, 11) is -3.83. The number of nitriles is 1. The van der Waals surface area contributed by atoms with Crippen LogP contribution in [0, 0.1) is 11.3 Å². The van der Waals surface area contributed by atoms with E-state index in [1.807, 2.05) is 6.07 Å². The van der Waals surface area contributed by atoms with Crippen LogP contribution in [-0.2, 0) is 10.0 Å². The highest BCUT2D eigenvalue weighted by molar-refractivity contribution is 7.92. The molecule has 0 heterocycles. The number of hydrogen-bond acceptors (Lipinski definition) is 4. The summed E-state index contributed by atoms with van der Waals surface area (Å²) in [4.78, 5) is 12.4. The van der Waals surface area contributed by atoms with Gasteiger partial charge in [0.15, 0.2) is 0 Å². The van der Waals surface area contributed by atoms with E-state index in [0.29, 0.717) is 16.8 Å². The maximum atomic E-state index is 12.6. The van der Waals surface area contributed by atoms with Crippen LogP contribution in [0.2, 0.25) is 0 Å². The third-order valence-corrected chi connectivity index (χ3v) is 5.74. The second-order valence-electron chi connectivity index (χ2n) is 6.28. The molecular weight excluding hydrogens is 350 g/mol. The van der Waals surface area contributed by atoms with Gasteiger partial charge in [0.1, 0.15) is 0 Å². The number of nitrogens with zero attached hydrogens (tertiary/aromatic N) is 1. The Balaban J connectivity index is 1.76. The van der Waals surface area contributed by atoms with E-state index in [-0.39, 0.29) is 16.8 Å². The largest absolute Gasteiger partial charge is 0.349 e. The molecule has 0 unspecified atom stereocenters. The van der Waals surface area contributed by atoms with Gasteiger partial charge in [-0.05, 0) is 55.3 Å². The molecule has 1 amide bonds. The third-order valence-electron chi connectivity index (χ3n) is 4.36. The van der Waals surface area contributed by atoms with Crippen LogP contribution in [0.5, 0.6) is 0 Å². The molecule has 1 fully saturated rings. The van der Waals surface area contributed by atoms with Crippen molar-refractivity contribution >= 4 is 21.6 Å². The van der Waals surface area contributed by atoms with Gasteiger partial charge >= 0.3 is 0 Å². The molecule has 3 rings (SSSR count). The van der Waals surface area contributed by atoms with Crippen molar-refractivity contribution in [2.24, 2.45) is 0 Å². The standard InChI is InChI=1S/C19H19N3O3S/c20-13-14-8-10-17(11-9-14)22-26(24,25)18-7-3-4-15(12-18)19(23)21-16-5-1-2-6-16/h3-4,7-12,16,22H,1-2,5-6H2,(H,21,23). The highest BCUT2D eigenvalue weighted by atomic mass is 32.2. The summed E-state index contributed by atoms with van der Waals surface area (Å²) in [6, 6.07) is 14.2. The maximum absolute atomic E-state index is 12.6. The molecule has 2 N–H and O–H groups in total. The summed E-state index contributed by atoms with van der Waals surface area (Å²) in [5.74, 6) is -0.257. The van der Waals surface area contributed by atoms with E-state index in [2.05, 4.69) is 10.0 Å². The predicted octanol–water partition coefficient (Wildman–Crippen LogP) is 3.03. The number of carbonyl (C=O) groups excluding carboxylic acids is 1. The second kappa shape index (κ2) is 7.58. The molecule has 0 spiro atoms. The molecule has 6 nitrogen and oxygen atoms in total. The molecule has 1 saturated carbocycles. The summed E-state index contributed by atoms with van der Waals surface area (Å²) in [5, 5.41) is 11.7. The van der Waals surface area contributed by atoms with Gasteiger partial charge < -0.3 is 5.32 Å². The van der Waals surface area contributed by atoms with Crippen LogP contribution in [0.25, 0.3) is 0 Å². The monoisotopic (exact) mass is 369 g/mol. The van der Waals surface area contributed by atoms with Crippen LogP contribution in [0.3, 0.4) is 0 Å². The molecular formula is C19H19N3O3S. The third kappa shape index (κ3) is 4.21. The molecule has 0 atom stereocenters. The maximum Gasteiger partial charge on any atom is 0.261 e. The molecule has 0 bridgehead atoms. The van der Waals surface area contributed by atoms with Gasteiger partial charge in [0, 0.05) is 17.3 Å². The Hall–Kier alpha value is -2.85. The van der Waals surface area contributed by atoms with Gasteiger partial charge in [-0.25, -0.2) is 8.42 Å². The summed E-state index contributed by atoms with van der Waals surface area (Å²) >= 11 is 0. The van der Waals surface area contributed by atoms with Crippen LogP contribution in [0.4, 0.5) is 5.69 Å². The molecule has 134 valence electrons. The lowest BCUT2D eigenvalue weighted by Crippen LogP contribution is -2.32. The number of benzene rings is 2. The average Bonchev–Trinajstić information content (AvgIpc) is 3.15. The molecule has 0 radical (unpaired) electrons. The Labute approximate surface area is 152 Å². The fourth-order valence-electron chi connectivity index (χ4n) is 2.97. The van der Waals surface area contributed by atoms with E-state index in [4.69, 9.17) is 5.26 Å². The Bertz CT molecular complexity index is 941. The average molecular weight is 369 g/mol. The first-order chi connectivity index (χ1) is 12.5. The fraction of sp³-hybridized carbons (Fsp3) is 0.263. The molecule has 1 aliphatic rings. The van der Waals surface area contributed by atoms with E-state index in [1.165, 1.54) is 36.4 Å². The molecule has 2 aromatic carbocycles. The van der Waals surface area contributed by atoms with E-state index >= 15 is 0 Å². The molecule has 1 aliphatic carbocycles. The zero-order chi connectivity index (χ0) is 18.6. The minimum Gasteiger partial charge on any atom is -0.349 e. The molecule has 2 aromatic rings. The quantitative estimate of drug-likeness (QED) is 0.846. The lowest BCUT2D eigenvalue weighted by molar-refractivity contribution is 0.0937. The van der Waals surface area contributed by atoms with Crippen LogP contribution >= 0.6 is 0 Å². The molecule has 26 heavy (non-hydrogen) atoms. The highest BCUT2D eigenvalue weighted by Gasteiger charge is 2.20. The summed E-state index contributed by atoms with van der Waals surface area (Å²) in [6.07, 6.45) is 4.13. The van der Waals surface area contributed by atoms with E-state index < -0.39 is 10.0 Å². The predicted molar refractivity (Wildman–Crippen MR) is 98.1 cm³/mol. The summed E-state index contributed by atoms with van der Waals surface area (Å²) < 4.78 is 27.6. The SMILES string of the molecule is N#Cc1ccc(NS(=O)(=O)c2cccc(C(=O)NC3CCCC3)c2)cc1. The molecule has 7 heteroatoms. The van der Waals surface area contributed by atoms with Gasteiger partial charge in [-0.15, -0.1) is 0 Å². The smallest absolute Gasteiger partial charge is 0.261 e. The highest BCUT2D eigenvalue weighted by Crippen LogP contribution is 2.20. The number of sulfonamides is 1. The number of amides is 1. The van der Waals surface area contributed by atoms with Crippen molar-refractivity contribution in [2.45, 2.75) is 36.6 Å². The van der Waals surface area contributed by atoms with Crippen molar-refractivity contribution in [1.29, 1.82) is 5.26 Å². The van der Waals surface area contributed by atoms with Crippen LogP contribution in [0.1, 0.15) is 41.6 Å². The summed E-state index contributed by atoms with van der Waals surface area (Å²) in [6.45, 7) is 0. The van der Waals surface area contributed by atoms with Gasteiger partial charge in [-0.3, -0.25) is 9.52 Å². The molecule has 0 saturated heterocycles. The van der Waals surface area contributed by atoms with Gasteiger partial charge in [0.05, 0.1) is 16.5 Å². The van der Waals surface area contributed by atoms with Crippen LogP contribution < -0.4 is 10.0 Å². The minimum absolute atomic E-state index is 0.0148. The molecule has 0 aromatic heterocycles. The lowest BCUT2D eigenvalue weighted by Gasteiger charge is -2.13. The first-order valence-electron chi connectivity index (χ1n) is 8.42. The van der Waals surface area contributed by atoms with Gasteiger partial charge in [-0.1, -0.05) is 18.9 Å². The number of rotatable bonds is 5. The van der Waals surface area contributed by atoms with Crippen LogP contribution in [-0.4, -0.2) is 20.4 Å². The Kier molecular flexibility index (Phi) is 5.24. The van der Waals surface area contributed by atoms with Crippen LogP contribution in [0.15, 0.2) is 53.4 Å². The van der Waals surface area contributed by atoms with Crippen molar-refractivity contribution in [3.63, 3.8) is 0 Å². The zero-order valence-electron chi connectivity index (χ0n) is 14.1. The topological polar surface area (TPSA) is 99.1 Å².